The summed E-state index contributed by atoms with van der Waals surface area (Å²) in [5.74, 6) is 3.24. The highest BCUT2D eigenvalue weighted by molar-refractivity contribution is 7.67. The zero-order valence-electron chi connectivity index (χ0n) is 15.7. The van der Waals surface area contributed by atoms with E-state index < -0.39 is 7.92 Å². The van der Waals surface area contributed by atoms with Crippen LogP contribution in [0.4, 0.5) is 0 Å². The lowest BCUT2D eigenvalue weighted by atomic mass is 10.0. The molecule has 1 aliphatic rings. The van der Waals surface area contributed by atoms with Gasteiger partial charge in [-0.15, -0.1) is 0 Å². The summed E-state index contributed by atoms with van der Waals surface area (Å²) in [5.41, 5.74) is 2.02. The van der Waals surface area contributed by atoms with Gasteiger partial charge in [-0.2, -0.15) is 0 Å². The summed E-state index contributed by atoms with van der Waals surface area (Å²) < 4.78 is 22.9. The Balaban J connectivity index is 2.33. The second-order valence-corrected chi connectivity index (χ2v) is 9.83. The Kier molecular flexibility index (Phi) is 4.83. The summed E-state index contributed by atoms with van der Waals surface area (Å²) in [4.78, 5) is 0. The first kappa shape index (κ1) is 17.9. The maximum atomic E-state index is 6.06. The molecule has 1 atom stereocenters. The summed E-state index contributed by atoms with van der Waals surface area (Å²) in [7, 11) is 4.55. The SMILES string of the molecule is COc1cc2c(c(-c3c(OC)cccc3OC)c1)[P@@](C(C)(C)C)CO2. The number of fused-ring (bicyclic) bond motifs is 1. The van der Waals surface area contributed by atoms with Gasteiger partial charge in [0, 0.05) is 16.9 Å². The first-order chi connectivity index (χ1) is 11.9. The van der Waals surface area contributed by atoms with E-state index in [2.05, 4.69) is 26.8 Å². The number of methoxy groups -OCH3 is 3. The molecule has 0 radical (unpaired) electrons. The normalized spacial score (nSPS) is 16.2. The Morgan fingerprint density at radius 1 is 0.960 bits per heavy atom. The third-order valence-corrected chi connectivity index (χ3v) is 7.42. The standard InChI is InChI=1S/C20H25O4P/c1-20(2,3)25-12-24-17-11-13(21-4)10-14(19(17)25)18-15(22-5)8-7-9-16(18)23-6/h7-11H,12H2,1-6H3/t25-/m0/s1. The molecule has 25 heavy (non-hydrogen) atoms. The number of rotatable bonds is 4. The minimum absolute atomic E-state index is 0.138. The Hall–Kier alpha value is -1.93. The van der Waals surface area contributed by atoms with Gasteiger partial charge in [0.2, 0.25) is 0 Å². The predicted molar refractivity (Wildman–Crippen MR) is 103 cm³/mol. The molecule has 0 fully saturated rings. The number of hydrogen-bond donors (Lipinski definition) is 0. The lowest BCUT2D eigenvalue weighted by Gasteiger charge is -2.28. The van der Waals surface area contributed by atoms with Gasteiger partial charge < -0.3 is 18.9 Å². The number of ether oxygens (including phenoxy) is 4. The van der Waals surface area contributed by atoms with Gasteiger partial charge in [-0.3, -0.25) is 0 Å². The van der Waals surface area contributed by atoms with Gasteiger partial charge in [0.1, 0.15) is 29.3 Å². The lowest BCUT2D eigenvalue weighted by molar-refractivity contribution is 0.387. The van der Waals surface area contributed by atoms with Crippen molar-refractivity contribution in [3.05, 3.63) is 30.3 Å². The highest BCUT2D eigenvalue weighted by atomic mass is 31.1. The van der Waals surface area contributed by atoms with Crippen LogP contribution in [0.1, 0.15) is 20.8 Å². The fourth-order valence-electron chi connectivity index (χ4n) is 3.12. The van der Waals surface area contributed by atoms with E-state index in [1.165, 1.54) is 5.30 Å². The van der Waals surface area contributed by atoms with Crippen LogP contribution in [0, 0.1) is 0 Å². The molecule has 2 aromatic carbocycles. The molecule has 0 bridgehead atoms. The zero-order valence-corrected chi connectivity index (χ0v) is 16.6. The first-order valence-corrected chi connectivity index (χ1v) is 9.77. The molecule has 4 nitrogen and oxygen atoms in total. The van der Waals surface area contributed by atoms with Crippen molar-refractivity contribution in [3.63, 3.8) is 0 Å². The van der Waals surface area contributed by atoms with Crippen LogP contribution in [-0.4, -0.2) is 32.8 Å². The zero-order chi connectivity index (χ0) is 18.2. The molecule has 0 unspecified atom stereocenters. The second-order valence-electron chi connectivity index (χ2n) is 6.93. The highest BCUT2D eigenvalue weighted by Gasteiger charge is 2.37. The van der Waals surface area contributed by atoms with Crippen molar-refractivity contribution >= 4 is 13.2 Å². The molecule has 0 amide bonds. The van der Waals surface area contributed by atoms with E-state index in [0.717, 1.165) is 40.5 Å². The fraction of sp³-hybridized carbons (Fsp3) is 0.400. The van der Waals surface area contributed by atoms with E-state index >= 15 is 0 Å². The smallest absolute Gasteiger partial charge is 0.131 e. The molecule has 3 rings (SSSR count). The van der Waals surface area contributed by atoms with Crippen LogP contribution in [0.25, 0.3) is 11.1 Å². The maximum absolute atomic E-state index is 6.06. The fourth-order valence-corrected chi connectivity index (χ4v) is 5.44. The van der Waals surface area contributed by atoms with Crippen molar-refractivity contribution in [2.75, 3.05) is 27.7 Å². The molecule has 1 heterocycles. The highest BCUT2D eigenvalue weighted by Crippen LogP contribution is 2.57. The van der Waals surface area contributed by atoms with Crippen molar-refractivity contribution in [3.8, 4) is 34.1 Å². The number of hydrogen-bond acceptors (Lipinski definition) is 4. The Labute approximate surface area is 150 Å². The maximum Gasteiger partial charge on any atom is 0.131 e. The van der Waals surface area contributed by atoms with E-state index in [1.54, 1.807) is 21.3 Å². The summed E-state index contributed by atoms with van der Waals surface area (Å²) in [6, 6.07) is 9.90. The van der Waals surface area contributed by atoms with E-state index in [0.29, 0.717) is 0 Å². The van der Waals surface area contributed by atoms with Crippen molar-refractivity contribution < 1.29 is 18.9 Å². The Morgan fingerprint density at radius 3 is 2.12 bits per heavy atom. The van der Waals surface area contributed by atoms with Gasteiger partial charge in [-0.25, -0.2) is 0 Å². The lowest BCUT2D eigenvalue weighted by Crippen LogP contribution is -2.19. The van der Waals surface area contributed by atoms with Crippen molar-refractivity contribution in [2.45, 2.75) is 25.9 Å². The van der Waals surface area contributed by atoms with Crippen LogP contribution in [-0.2, 0) is 0 Å². The predicted octanol–water partition coefficient (Wildman–Crippen LogP) is 4.64. The van der Waals surface area contributed by atoms with Crippen molar-refractivity contribution in [1.29, 1.82) is 0 Å². The number of benzene rings is 2. The van der Waals surface area contributed by atoms with Crippen LogP contribution in [0.5, 0.6) is 23.0 Å². The summed E-state index contributed by atoms with van der Waals surface area (Å²) in [6.07, 6.45) is 0.728. The third kappa shape index (κ3) is 3.16. The van der Waals surface area contributed by atoms with Gasteiger partial charge in [0.15, 0.2) is 0 Å². The van der Waals surface area contributed by atoms with E-state index in [4.69, 9.17) is 18.9 Å². The minimum Gasteiger partial charge on any atom is -0.497 e. The molecule has 0 aliphatic carbocycles. The van der Waals surface area contributed by atoms with E-state index in [9.17, 15) is 0 Å². The van der Waals surface area contributed by atoms with E-state index in [1.807, 2.05) is 24.3 Å². The average molecular weight is 360 g/mol. The van der Waals surface area contributed by atoms with Crippen LogP contribution in [0.3, 0.4) is 0 Å². The van der Waals surface area contributed by atoms with Crippen molar-refractivity contribution in [2.24, 2.45) is 0 Å². The Bertz CT molecular complexity index is 758. The average Bonchev–Trinajstić information content (AvgIpc) is 3.04. The van der Waals surface area contributed by atoms with E-state index in [-0.39, 0.29) is 5.16 Å². The minimum atomic E-state index is -0.487. The van der Waals surface area contributed by atoms with Crippen LogP contribution in [0.2, 0.25) is 0 Å². The van der Waals surface area contributed by atoms with Crippen LogP contribution >= 0.6 is 7.92 Å². The summed E-state index contributed by atoms with van der Waals surface area (Å²) >= 11 is 0. The molecule has 1 aliphatic heterocycles. The van der Waals surface area contributed by atoms with Crippen molar-refractivity contribution in [1.82, 2.24) is 0 Å². The Morgan fingerprint density at radius 2 is 1.60 bits per heavy atom. The molecular formula is C20H25O4P. The summed E-state index contributed by atoms with van der Waals surface area (Å²) in [6.45, 7) is 6.81. The monoisotopic (exact) mass is 360 g/mol. The van der Waals surface area contributed by atoms with Gasteiger partial charge in [-0.1, -0.05) is 26.8 Å². The molecule has 0 aromatic heterocycles. The van der Waals surface area contributed by atoms with Crippen LogP contribution < -0.4 is 24.3 Å². The quantitative estimate of drug-likeness (QED) is 0.745. The summed E-state index contributed by atoms with van der Waals surface area (Å²) in [5, 5.41) is 1.39. The molecular weight excluding hydrogens is 335 g/mol. The van der Waals surface area contributed by atoms with Gasteiger partial charge >= 0.3 is 0 Å². The molecule has 134 valence electrons. The molecule has 2 aromatic rings. The largest absolute Gasteiger partial charge is 0.497 e. The molecule has 0 spiro atoms. The molecule has 0 N–H and O–H groups in total. The topological polar surface area (TPSA) is 36.9 Å². The van der Waals surface area contributed by atoms with Gasteiger partial charge in [-0.05, 0) is 31.3 Å². The molecule has 0 saturated carbocycles. The van der Waals surface area contributed by atoms with Gasteiger partial charge in [0.05, 0.1) is 26.9 Å². The van der Waals surface area contributed by atoms with Gasteiger partial charge in [0.25, 0.3) is 0 Å². The third-order valence-electron chi connectivity index (χ3n) is 4.41. The molecule has 0 saturated heterocycles. The molecule has 5 heteroatoms. The first-order valence-electron chi connectivity index (χ1n) is 8.24. The second kappa shape index (κ2) is 6.76. The van der Waals surface area contributed by atoms with Crippen LogP contribution in [0.15, 0.2) is 30.3 Å².